The third-order valence-corrected chi connectivity index (χ3v) is 1.93. The lowest BCUT2D eigenvalue weighted by molar-refractivity contribution is 0.0997. The number of ketones is 1. The predicted molar refractivity (Wildman–Crippen MR) is 51.9 cm³/mol. The molecule has 0 amide bonds. The summed E-state index contributed by atoms with van der Waals surface area (Å²) in [5.74, 6) is 0.115. The quantitative estimate of drug-likeness (QED) is 0.806. The second-order valence-corrected chi connectivity index (χ2v) is 3.25. The molecule has 0 fully saturated rings. The zero-order valence-corrected chi connectivity index (χ0v) is 8.67. The van der Waals surface area contributed by atoms with Gasteiger partial charge >= 0.3 is 0 Å². The number of carbonyl (C=O) groups is 1. The van der Waals surface area contributed by atoms with Gasteiger partial charge in [0.05, 0.1) is 19.2 Å². The molecule has 0 saturated carbocycles. The van der Waals surface area contributed by atoms with Crippen LogP contribution in [-0.2, 0) is 0 Å². The minimum Gasteiger partial charge on any atom is -0.480 e. The van der Waals surface area contributed by atoms with E-state index in [0.717, 1.165) is 4.47 Å². The average molecular weight is 245 g/mol. The monoisotopic (exact) mass is 244 g/mol. The Balaban J connectivity index is 3.15. The largest absolute Gasteiger partial charge is 0.480 e. The van der Waals surface area contributed by atoms with Crippen LogP contribution in [0.4, 0.5) is 0 Å². The Morgan fingerprint density at radius 3 is 3.00 bits per heavy atom. The molecule has 13 heavy (non-hydrogen) atoms. The predicted octanol–water partition coefficient (Wildman–Crippen LogP) is 0.994. The van der Waals surface area contributed by atoms with Crippen molar-refractivity contribution in [2.45, 2.75) is 0 Å². The van der Waals surface area contributed by atoms with Gasteiger partial charge in [-0.3, -0.25) is 4.79 Å². The first-order valence-electron chi connectivity index (χ1n) is 3.62. The zero-order chi connectivity index (χ0) is 9.84. The van der Waals surface area contributed by atoms with E-state index < -0.39 is 0 Å². The van der Waals surface area contributed by atoms with Gasteiger partial charge in [-0.05, 0) is 22.0 Å². The highest BCUT2D eigenvalue weighted by molar-refractivity contribution is 9.10. The van der Waals surface area contributed by atoms with Crippen molar-refractivity contribution >= 4 is 21.7 Å². The molecule has 0 aliphatic rings. The van der Waals surface area contributed by atoms with E-state index in [4.69, 9.17) is 10.5 Å². The molecule has 0 aromatic carbocycles. The first-order chi connectivity index (χ1) is 6.19. The van der Waals surface area contributed by atoms with Crippen LogP contribution in [0.5, 0.6) is 5.88 Å². The number of pyridine rings is 1. The van der Waals surface area contributed by atoms with Gasteiger partial charge in [-0.15, -0.1) is 0 Å². The summed E-state index contributed by atoms with van der Waals surface area (Å²) in [6.45, 7) is -0.0471. The fourth-order valence-electron chi connectivity index (χ4n) is 0.899. The van der Waals surface area contributed by atoms with Crippen molar-refractivity contribution in [2.24, 2.45) is 5.73 Å². The molecule has 0 bridgehead atoms. The fraction of sp³-hybridized carbons (Fsp3) is 0.250. The molecule has 1 heterocycles. The molecule has 5 heteroatoms. The van der Waals surface area contributed by atoms with Gasteiger partial charge in [0.1, 0.15) is 0 Å². The highest BCUT2D eigenvalue weighted by Gasteiger charge is 2.11. The topological polar surface area (TPSA) is 65.2 Å². The van der Waals surface area contributed by atoms with E-state index in [9.17, 15) is 4.79 Å². The van der Waals surface area contributed by atoms with Gasteiger partial charge in [0.2, 0.25) is 5.88 Å². The molecule has 0 unspecified atom stereocenters. The van der Waals surface area contributed by atoms with Crippen LogP contribution in [0.1, 0.15) is 10.4 Å². The second kappa shape index (κ2) is 4.34. The number of nitrogens with zero attached hydrogens (tertiary/aromatic N) is 1. The normalized spacial score (nSPS) is 9.77. The van der Waals surface area contributed by atoms with Crippen LogP contribution in [0, 0.1) is 0 Å². The molecule has 0 radical (unpaired) electrons. The van der Waals surface area contributed by atoms with E-state index in [-0.39, 0.29) is 12.3 Å². The van der Waals surface area contributed by atoms with Crippen LogP contribution in [0.2, 0.25) is 0 Å². The Kier molecular flexibility index (Phi) is 3.39. The maximum atomic E-state index is 11.3. The Labute approximate surface area is 84.2 Å². The first-order valence-corrected chi connectivity index (χ1v) is 4.41. The van der Waals surface area contributed by atoms with Crippen LogP contribution in [-0.4, -0.2) is 24.4 Å². The van der Waals surface area contributed by atoms with Crippen molar-refractivity contribution in [3.63, 3.8) is 0 Å². The standard InChI is InChI=1S/C8H9BrN2O2/c1-13-8-6(7(12)3-10)2-5(9)4-11-8/h2,4H,3,10H2,1H3. The smallest absolute Gasteiger partial charge is 0.224 e. The number of rotatable bonds is 3. The van der Waals surface area contributed by atoms with Gasteiger partial charge in [-0.1, -0.05) is 0 Å². The van der Waals surface area contributed by atoms with Gasteiger partial charge in [-0.2, -0.15) is 0 Å². The van der Waals surface area contributed by atoms with Gasteiger partial charge in [0, 0.05) is 10.7 Å². The molecule has 1 aromatic heterocycles. The van der Waals surface area contributed by atoms with Crippen LogP contribution in [0.3, 0.4) is 0 Å². The zero-order valence-electron chi connectivity index (χ0n) is 7.08. The SMILES string of the molecule is COc1ncc(Br)cc1C(=O)CN. The summed E-state index contributed by atoms with van der Waals surface area (Å²) in [5, 5.41) is 0. The summed E-state index contributed by atoms with van der Waals surface area (Å²) in [7, 11) is 1.46. The molecule has 0 aliphatic carbocycles. The Bertz CT molecular complexity index is 328. The lowest BCUT2D eigenvalue weighted by atomic mass is 10.2. The number of hydrogen-bond acceptors (Lipinski definition) is 4. The van der Waals surface area contributed by atoms with Crippen molar-refractivity contribution in [3.8, 4) is 5.88 Å². The van der Waals surface area contributed by atoms with Crippen molar-refractivity contribution < 1.29 is 9.53 Å². The average Bonchev–Trinajstić information content (AvgIpc) is 2.16. The summed E-state index contributed by atoms with van der Waals surface area (Å²) in [6.07, 6.45) is 1.56. The Morgan fingerprint density at radius 2 is 2.46 bits per heavy atom. The molecule has 70 valence electrons. The van der Waals surface area contributed by atoms with Gasteiger partial charge < -0.3 is 10.5 Å². The summed E-state index contributed by atoms with van der Waals surface area (Å²) in [4.78, 5) is 15.2. The number of aromatic nitrogens is 1. The molecule has 0 atom stereocenters. The summed E-state index contributed by atoms with van der Waals surface area (Å²) < 4.78 is 5.64. The molecule has 0 saturated heterocycles. The van der Waals surface area contributed by atoms with Crippen molar-refractivity contribution in [2.75, 3.05) is 13.7 Å². The minimum absolute atomic E-state index is 0.0471. The van der Waals surface area contributed by atoms with Gasteiger partial charge in [0.25, 0.3) is 0 Å². The maximum absolute atomic E-state index is 11.3. The summed E-state index contributed by atoms with van der Waals surface area (Å²) in [5.41, 5.74) is 5.63. The van der Waals surface area contributed by atoms with Gasteiger partial charge in [0.15, 0.2) is 5.78 Å². The van der Waals surface area contributed by atoms with Crippen LogP contribution in [0.25, 0.3) is 0 Å². The lowest BCUT2D eigenvalue weighted by Crippen LogP contribution is -2.15. The third kappa shape index (κ3) is 2.26. The number of carbonyl (C=O) groups excluding carboxylic acids is 1. The molecule has 0 spiro atoms. The van der Waals surface area contributed by atoms with Crippen LogP contribution < -0.4 is 10.5 Å². The van der Waals surface area contributed by atoms with Crippen molar-refractivity contribution in [1.82, 2.24) is 4.98 Å². The molecule has 4 nitrogen and oxygen atoms in total. The third-order valence-electron chi connectivity index (χ3n) is 1.50. The second-order valence-electron chi connectivity index (χ2n) is 2.34. The number of ether oxygens (including phenoxy) is 1. The fourth-order valence-corrected chi connectivity index (χ4v) is 1.23. The maximum Gasteiger partial charge on any atom is 0.224 e. The van der Waals surface area contributed by atoms with Gasteiger partial charge in [-0.25, -0.2) is 4.98 Å². The Morgan fingerprint density at radius 1 is 1.77 bits per heavy atom. The number of hydrogen-bond donors (Lipinski definition) is 1. The van der Waals surface area contributed by atoms with E-state index in [1.165, 1.54) is 7.11 Å². The Hall–Kier alpha value is -0.940. The number of halogens is 1. The summed E-state index contributed by atoms with van der Waals surface area (Å²) >= 11 is 3.21. The number of Topliss-reactive ketones (excluding diaryl/α,β-unsaturated/α-hetero) is 1. The number of methoxy groups -OCH3 is 1. The molecule has 1 aromatic rings. The lowest BCUT2D eigenvalue weighted by Gasteiger charge is -2.04. The van der Waals surface area contributed by atoms with E-state index in [1.54, 1.807) is 12.3 Å². The molecule has 0 aliphatic heterocycles. The van der Waals surface area contributed by atoms with Crippen LogP contribution >= 0.6 is 15.9 Å². The molecule has 2 N–H and O–H groups in total. The van der Waals surface area contributed by atoms with Crippen molar-refractivity contribution in [3.05, 3.63) is 22.3 Å². The number of nitrogens with two attached hydrogens (primary N) is 1. The van der Waals surface area contributed by atoms with E-state index in [0.29, 0.717) is 11.4 Å². The van der Waals surface area contributed by atoms with Crippen LogP contribution in [0.15, 0.2) is 16.7 Å². The van der Waals surface area contributed by atoms with E-state index in [1.807, 2.05) is 0 Å². The van der Waals surface area contributed by atoms with E-state index >= 15 is 0 Å². The first kappa shape index (κ1) is 10.1. The molecule has 1 rings (SSSR count). The van der Waals surface area contributed by atoms with E-state index in [2.05, 4.69) is 20.9 Å². The van der Waals surface area contributed by atoms with Crippen molar-refractivity contribution in [1.29, 1.82) is 0 Å². The molecular formula is C8H9BrN2O2. The highest BCUT2D eigenvalue weighted by atomic mass is 79.9. The molecular weight excluding hydrogens is 236 g/mol. The minimum atomic E-state index is -0.189. The highest BCUT2D eigenvalue weighted by Crippen LogP contribution is 2.19. The summed E-state index contributed by atoms with van der Waals surface area (Å²) in [6, 6.07) is 1.64.